The normalized spacial score (nSPS) is 49.4. The molecular weight excluding hydrogens is 212 g/mol. The van der Waals surface area contributed by atoms with Gasteiger partial charge in [-0.1, -0.05) is 39.0 Å². The molecule has 2 saturated carbocycles. The Balaban J connectivity index is 1.96. The number of hydrogen-bond acceptors (Lipinski definition) is 2. The van der Waals surface area contributed by atoms with Gasteiger partial charge in [0.05, 0.1) is 0 Å². The molecule has 2 nitrogen and oxygen atoms in total. The van der Waals surface area contributed by atoms with E-state index in [1.165, 1.54) is 38.5 Å². The molecule has 0 radical (unpaired) electrons. The molecule has 1 aliphatic heterocycles. The molecule has 2 aliphatic carbocycles. The van der Waals surface area contributed by atoms with Crippen LogP contribution in [0, 0.1) is 17.3 Å². The molecule has 1 heterocycles. The first-order chi connectivity index (χ1) is 8.14. The average Bonchev–Trinajstić information content (AvgIpc) is 2.37. The first-order valence-electron chi connectivity index (χ1n) is 7.37. The number of carbonyl (C=O) groups is 1. The predicted molar refractivity (Wildman–Crippen MR) is 66.5 cm³/mol. The van der Waals surface area contributed by atoms with Crippen LogP contribution >= 0.6 is 0 Å². The predicted octanol–water partition coefficient (Wildman–Crippen LogP) is 3.69. The van der Waals surface area contributed by atoms with Gasteiger partial charge in [0.1, 0.15) is 11.0 Å². The summed E-state index contributed by atoms with van der Waals surface area (Å²) in [5.74, 6) is 1.55. The highest BCUT2D eigenvalue weighted by atomic mass is 16.6. The first kappa shape index (κ1) is 11.6. The van der Waals surface area contributed by atoms with E-state index in [2.05, 4.69) is 13.8 Å². The second kappa shape index (κ2) is 3.73. The molecule has 96 valence electrons. The number of esters is 1. The Labute approximate surface area is 104 Å². The van der Waals surface area contributed by atoms with Gasteiger partial charge in [0.2, 0.25) is 0 Å². The number of cyclic esters (lactones) is 1. The fourth-order valence-electron chi connectivity index (χ4n) is 4.88. The second-order valence-electron chi connectivity index (χ2n) is 6.49. The third-order valence-electron chi connectivity index (χ3n) is 5.99. The molecule has 0 aromatic rings. The molecule has 3 fully saturated rings. The van der Waals surface area contributed by atoms with E-state index < -0.39 is 0 Å². The maximum atomic E-state index is 12.2. The first-order valence-corrected chi connectivity index (χ1v) is 7.37. The Bertz CT molecular complexity index is 336. The minimum absolute atomic E-state index is 0.106. The third-order valence-corrected chi connectivity index (χ3v) is 5.99. The van der Waals surface area contributed by atoms with Gasteiger partial charge in [0, 0.05) is 0 Å². The van der Waals surface area contributed by atoms with Crippen molar-refractivity contribution in [1.29, 1.82) is 0 Å². The molecule has 0 N–H and O–H groups in total. The number of fused-ring (bicyclic) bond motifs is 2. The number of carbonyl (C=O) groups excluding carboxylic acids is 1. The van der Waals surface area contributed by atoms with E-state index in [1.807, 2.05) is 0 Å². The number of rotatable bonds is 1. The summed E-state index contributed by atoms with van der Waals surface area (Å²) in [6, 6.07) is 0. The van der Waals surface area contributed by atoms with Gasteiger partial charge >= 0.3 is 5.97 Å². The maximum absolute atomic E-state index is 12.2. The number of hydrogen-bond donors (Lipinski definition) is 0. The van der Waals surface area contributed by atoms with Crippen LogP contribution in [0.5, 0.6) is 0 Å². The lowest BCUT2D eigenvalue weighted by Crippen LogP contribution is -2.70. The van der Waals surface area contributed by atoms with Crippen molar-refractivity contribution in [2.45, 2.75) is 70.8 Å². The van der Waals surface area contributed by atoms with Crippen LogP contribution in [0.4, 0.5) is 0 Å². The van der Waals surface area contributed by atoms with E-state index in [4.69, 9.17) is 4.74 Å². The Morgan fingerprint density at radius 2 is 1.94 bits per heavy atom. The van der Waals surface area contributed by atoms with Crippen LogP contribution in [0.15, 0.2) is 0 Å². The van der Waals surface area contributed by atoms with Gasteiger partial charge in [-0.15, -0.1) is 0 Å². The van der Waals surface area contributed by atoms with Crippen molar-refractivity contribution >= 4 is 5.97 Å². The van der Waals surface area contributed by atoms with E-state index in [-0.39, 0.29) is 17.0 Å². The van der Waals surface area contributed by atoms with Gasteiger partial charge in [-0.25, -0.2) is 0 Å². The molecule has 4 unspecified atom stereocenters. The lowest BCUT2D eigenvalue weighted by molar-refractivity contribution is -0.267. The molecule has 4 atom stereocenters. The van der Waals surface area contributed by atoms with Gasteiger partial charge < -0.3 is 4.74 Å². The van der Waals surface area contributed by atoms with E-state index in [0.29, 0.717) is 5.92 Å². The molecule has 0 aromatic carbocycles. The van der Waals surface area contributed by atoms with E-state index in [0.717, 1.165) is 18.8 Å². The smallest absolute Gasteiger partial charge is 0.317 e. The van der Waals surface area contributed by atoms with Crippen molar-refractivity contribution in [2.75, 3.05) is 0 Å². The minimum Gasteiger partial charge on any atom is -0.458 e. The zero-order valence-electron chi connectivity index (χ0n) is 11.1. The van der Waals surface area contributed by atoms with Crippen molar-refractivity contribution in [3.05, 3.63) is 0 Å². The molecule has 3 aliphatic rings. The summed E-state index contributed by atoms with van der Waals surface area (Å²) >= 11 is 0. The molecule has 0 bridgehead atoms. The van der Waals surface area contributed by atoms with Crippen molar-refractivity contribution in [2.24, 2.45) is 17.3 Å². The topological polar surface area (TPSA) is 26.3 Å². The zero-order chi connectivity index (χ0) is 12.1. The summed E-state index contributed by atoms with van der Waals surface area (Å²) in [6.45, 7) is 4.34. The summed E-state index contributed by atoms with van der Waals surface area (Å²) in [5.41, 5.74) is -0.268. The Morgan fingerprint density at radius 3 is 2.65 bits per heavy atom. The van der Waals surface area contributed by atoms with Crippen LogP contribution < -0.4 is 0 Å². The molecule has 3 rings (SSSR count). The highest BCUT2D eigenvalue weighted by Crippen LogP contribution is 2.63. The summed E-state index contributed by atoms with van der Waals surface area (Å²) < 4.78 is 5.58. The maximum Gasteiger partial charge on any atom is 0.317 e. The van der Waals surface area contributed by atoms with Crippen molar-refractivity contribution in [3.63, 3.8) is 0 Å². The van der Waals surface area contributed by atoms with Gasteiger partial charge in [0.15, 0.2) is 0 Å². The molecular formula is C15H24O2. The molecule has 17 heavy (non-hydrogen) atoms. The standard InChI is InChI=1S/C15H24O2/c1-3-14(2)15(13(16)17-14)10-6-8-11-7-4-5-9-12(11)15/h11-12H,3-10H2,1-2H3. The SMILES string of the molecule is CCC1(C)OC(=O)C12CCCC1CCCCC12. The molecule has 2 heteroatoms. The average molecular weight is 236 g/mol. The molecule has 1 spiro atoms. The van der Waals surface area contributed by atoms with Crippen LogP contribution in [0.2, 0.25) is 0 Å². The Kier molecular flexibility index (Phi) is 2.53. The van der Waals surface area contributed by atoms with Crippen LogP contribution in [0.1, 0.15) is 65.2 Å². The number of ether oxygens (including phenoxy) is 1. The summed E-state index contributed by atoms with van der Waals surface area (Å²) in [7, 11) is 0. The minimum atomic E-state index is -0.162. The largest absolute Gasteiger partial charge is 0.458 e. The zero-order valence-corrected chi connectivity index (χ0v) is 11.1. The second-order valence-corrected chi connectivity index (χ2v) is 6.49. The summed E-state index contributed by atoms with van der Waals surface area (Å²) in [6.07, 6.45) is 9.92. The van der Waals surface area contributed by atoms with Crippen LogP contribution in [-0.4, -0.2) is 11.6 Å². The third kappa shape index (κ3) is 1.30. The molecule has 0 amide bonds. The van der Waals surface area contributed by atoms with Crippen molar-refractivity contribution in [1.82, 2.24) is 0 Å². The molecule has 1 saturated heterocycles. The lowest BCUT2D eigenvalue weighted by Gasteiger charge is -2.62. The van der Waals surface area contributed by atoms with Crippen molar-refractivity contribution in [3.8, 4) is 0 Å². The summed E-state index contributed by atoms with van der Waals surface area (Å²) in [4.78, 5) is 12.2. The Hall–Kier alpha value is -0.530. The van der Waals surface area contributed by atoms with E-state index in [9.17, 15) is 4.79 Å². The van der Waals surface area contributed by atoms with Crippen molar-refractivity contribution < 1.29 is 9.53 Å². The highest BCUT2D eigenvalue weighted by Gasteiger charge is 2.70. The monoisotopic (exact) mass is 236 g/mol. The highest BCUT2D eigenvalue weighted by molar-refractivity contribution is 5.85. The molecule has 0 aromatic heterocycles. The van der Waals surface area contributed by atoms with E-state index in [1.54, 1.807) is 0 Å². The Morgan fingerprint density at radius 1 is 1.24 bits per heavy atom. The quantitative estimate of drug-likeness (QED) is 0.649. The van der Waals surface area contributed by atoms with Crippen LogP contribution in [0.3, 0.4) is 0 Å². The van der Waals surface area contributed by atoms with Gasteiger partial charge in [-0.3, -0.25) is 4.79 Å². The van der Waals surface area contributed by atoms with E-state index >= 15 is 0 Å². The fourth-order valence-corrected chi connectivity index (χ4v) is 4.88. The lowest BCUT2D eigenvalue weighted by atomic mass is 9.48. The van der Waals surface area contributed by atoms with Crippen LogP contribution in [0.25, 0.3) is 0 Å². The van der Waals surface area contributed by atoms with Gasteiger partial charge in [-0.2, -0.15) is 0 Å². The van der Waals surface area contributed by atoms with Crippen LogP contribution in [-0.2, 0) is 9.53 Å². The van der Waals surface area contributed by atoms with Gasteiger partial charge in [-0.05, 0) is 38.0 Å². The fraction of sp³-hybridized carbons (Fsp3) is 0.933. The summed E-state index contributed by atoms with van der Waals surface area (Å²) in [5, 5.41) is 0. The van der Waals surface area contributed by atoms with Gasteiger partial charge in [0.25, 0.3) is 0 Å².